The average Bonchev–Trinajstić information content (AvgIpc) is 2.81. The molecule has 0 aliphatic carbocycles. The van der Waals surface area contributed by atoms with Gasteiger partial charge >= 0.3 is 5.97 Å². The van der Waals surface area contributed by atoms with Crippen molar-refractivity contribution in [2.45, 2.75) is 32.5 Å². The van der Waals surface area contributed by atoms with E-state index in [4.69, 9.17) is 10.5 Å². The van der Waals surface area contributed by atoms with Crippen molar-refractivity contribution in [2.24, 2.45) is 18.7 Å². The maximum absolute atomic E-state index is 15.0. The number of rotatable bonds is 8. The Balaban J connectivity index is 1.99. The number of aryl methyl sites for hydroxylation is 1. The van der Waals surface area contributed by atoms with Gasteiger partial charge in [-0.25, -0.2) is 9.37 Å². The first-order chi connectivity index (χ1) is 16.4. The summed E-state index contributed by atoms with van der Waals surface area (Å²) < 4.78 is 36.8. The molecule has 1 aromatic carbocycles. The van der Waals surface area contributed by atoms with E-state index in [1.807, 2.05) is 22.6 Å². The molecule has 10 nitrogen and oxygen atoms in total. The van der Waals surface area contributed by atoms with Crippen LogP contribution in [0, 0.1) is 21.1 Å². The highest BCUT2D eigenvalue weighted by Crippen LogP contribution is 2.26. The van der Waals surface area contributed by atoms with E-state index in [1.54, 1.807) is 19.9 Å². The van der Waals surface area contributed by atoms with Crippen LogP contribution >= 0.6 is 22.6 Å². The van der Waals surface area contributed by atoms with Crippen LogP contribution in [-0.4, -0.2) is 43.9 Å². The molecule has 2 atom stereocenters. The molecule has 0 bridgehead atoms. The Hall–Kier alpha value is -2.91. The van der Waals surface area contributed by atoms with Gasteiger partial charge in [0.2, 0.25) is 5.82 Å². The number of carbonyl (C=O) groups is 1. The van der Waals surface area contributed by atoms with Gasteiger partial charge in [-0.1, -0.05) is 13.8 Å². The Bertz CT molecular complexity index is 1390. The van der Waals surface area contributed by atoms with Crippen molar-refractivity contribution in [3.05, 3.63) is 60.4 Å². The van der Waals surface area contributed by atoms with Crippen LogP contribution in [0.3, 0.4) is 0 Å². The summed E-state index contributed by atoms with van der Waals surface area (Å²) >= 11 is 1.90. The zero-order chi connectivity index (χ0) is 26.0. The number of nitrogens with zero attached hydrogens (tertiary/aromatic N) is 3. The molecule has 2 aromatic heterocycles. The summed E-state index contributed by atoms with van der Waals surface area (Å²) in [5.41, 5.74) is 3.00. The van der Waals surface area contributed by atoms with E-state index in [0.29, 0.717) is 3.57 Å². The molecule has 2 heterocycles. The number of halogens is 3. The van der Waals surface area contributed by atoms with Crippen LogP contribution in [0.1, 0.15) is 13.8 Å². The highest BCUT2D eigenvalue weighted by atomic mass is 127. The van der Waals surface area contributed by atoms with E-state index < -0.39 is 53.2 Å². The number of hydrogen-bond acceptors (Lipinski definition) is 8. The highest BCUT2D eigenvalue weighted by Gasteiger charge is 2.23. The molecule has 3 rings (SSSR count). The van der Waals surface area contributed by atoms with Crippen molar-refractivity contribution in [2.75, 3.05) is 11.9 Å². The van der Waals surface area contributed by atoms with E-state index in [1.165, 1.54) is 19.2 Å². The van der Waals surface area contributed by atoms with Gasteiger partial charge in [0.05, 0.1) is 17.9 Å². The Labute approximate surface area is 211 Å². The first-order valence-electron chi connectivity index (χ1n) is 10.5. The Morgan fingerprint density at radius 3 is 2.60 bits per heavy atom. The molecule has 35 heavy (non-hydrogen) atoms. The molecule has 0 aliphatic rings. The molecule has 3 aromatic rings. The number of anilines is 2. The average molecular weight is 603 g/mol. The van der Waals surface area contributed by atoms with E-state index in [9.17, 15) is 28.3 Å². The van der Waals surface area contributed by atoms with E-state index >= 15 is 0 Å². The van der Waals surface area contributed by atoms with Gasteiger partial charge < -0.3 is 20.9 Å². The zero-order valence-electron chi connectivity index (χ0n) is 19.1. The molecule has 0 fully saturated rings. The molecule has 1 unspecified atom stereocenters. The van der Waals surface area contributed by atoms with Crippen molar-refractivity contribution in [3.8, 4) is 0 Å². The van der Waals surface area contributed by atoms with Crippen LogP contribution in [0.2, 0.25) is 0 Å². The number of aromatic nitrogens is 3. The summed E-state index contributed by atoms with van der Waals surface area (Å²) in [6.45, 7) is 2.68. The molecule has 4 N–H and O–H groups in total. The van der Waals surface area contributed by atoms with Crippen LogP contribution in [-0.2, 0) is 23.1 Å². The Morgan fingerprint density at radius 1 is 1.29 bits per heavy atom. The first-order valence-corrected chi connectivity index (χ1v) is 11.6. The zero-order valence-corrected chi connectivity index (χ0v) is 21.2. The van der Waals surface area contributed by atoms with Crippen molar-refractivity contribution >= 4 is 51.0 Å². The molecule has 13 heteroatoms. The number of pyridine rings is 1. The molecular formula is C22H24F2IN5O5. The third kappa shape index (κ3) is 5.67. The van der Waals surface area contributed by atoms with Crippen LogP contribution < -0.4 is 22.2 Å². The molecule has 0 saturated carbocycles. The number of carbonyl (C=O) groups excluding carboxylic acids is 1. The molecule has 0 aliphatic heterocycles. The lowest BCUT2D eigenvalue weighted by atomic mass is 10.1. The SMILES string of the molecule is CC(C)C(N)C(=O)OC[C@H](O)Cn1cnc2c(c(Nc3ccc(I)cc3F)c(F)c(=O)n2C)c1=O. The lowest BCUT2D eigenvalue weighted by Crippen LogP contribution is -2.39. The second kappa shape index (κ2) is 10.8. The van der Waals surface area contributed by atoms with Gasteiger partial charge in [0, 0.05) is 10.6 Å². The number of aliphatic hydroxyl groups is 1. The van der Waals surface area contributed by atoms with E-state index in [2.05, 4.69) is 10.3 Å². The number of aliphatic hydroxyl groups excluding tert-OH is 1. The van der Waals surface area contributed by atoms with Crippen molar-refractivity contribution < 1.29 is 23.4 Å². The van der Waals surface area contributed by atoms with Crippen LogP contribution in [0.25, 0.3) is 11.0 Å². The third-order valence-corrected chi connectivity index (χ3v) is 5.97. The van der Waals surface area contributed by atoms with Crippen molar-refractivity contribution in [3.63, 3.8) is 0 Å². The Kier molecular flexibility index (Phi) is 8.22. The summed E-state index contributed by atoms with van der Waals surface area (Å²) in [6.07, 6.45) is -0.236. The third-order valence-electron chi connectivity index (χ3n) is 5.30. The predicted molar refractivity (Wildman–Crippen MR) is 133 cm³/mol. The fourth-order valence-corrected chi connectivity index (χ4v) is 3.67. The van der Waals surface area contributed by atoms with Crippen LogP contribution in [0.15, 0.2) is 34.1 Å². The summed E-state index contributed by atoms with van der Waals surface area (Å²) in [4.78, 5) is 41.6. The van der Waals surface area contributed by atoms with Gasteiger partial charge in [0.25, 0.3) is 11.1 Å². The van der Waals surface area contributed by atoms with Gasteiger partial charge in [-0.2, -0.15) is 4.39 Å². The summed E-state index contributed by atoms with van der Waals surface area (Å²) in [5.74, 6) is -2.89. The highest BCUT2D eigenvalue weighted by molar-refractivity contribution is 14.1. The predicted octanol–water partition coefficient (Wildman–Crippen LogP) is 1.61. The van der Waals surface area contributed by atoms with Gasteiger partial charge in [-0.05, 0) is 46.7 Å². The monoisotopic (exact) mass is 603 g/mol. The number of benzene rings is 1. The molecule has 0 amide bonds. The topological polar surface area (TPSA) is 141 Å². The van der Waals surface area contributed by atoms with E-state index in [-0.39, 0.29) is 29.2 Å². The van der Waals surface area contributed by atoms with Crippen molar-refractivity contribution in [1.29, 1.82) is 0 Å². The van der Waals surface area contributed by atoms with Gasteiger partial charge in [-0.3, -0.25) is 23.5 Å². The van der Waals surface area contributed by atoms with E-state index in [0.717, 1.165) is 15.5 Å². The maximum atomic E-state index is 15.0. The minimum atomic E-state index is -1.31. The fourth-order valence-electron chi connectivity index (χ4n) is 3.21. The fraction of sp³-hybridized carbons (Fsp3) is 0.364. The largest absolute Gasteiger partial charge is 0.462 e. The minimum absolute atomic E-state index is 0.144. The maximum Gasteiger partial charge on any atom is 0.323 e. The lowest BCUT2D eigenvalue weighted by molar-refractivity contribution is -0.149. The second-order valence-corrected chi connectivity index (χ2v) is 9.50. The van der Waals surface area contributed by atoms with Crippen molar-refractivity contribution in [1.82, 2.24) is 14.1 Å². The number of fused-ring (bicyclic) bond motifs is 1. The summed E-state index contributed by atoms with van der Waals surface area (Å²) in [6, 6.07) is 3.23. The smallest absolute Gasteiger partial charge is 0.323 e. The summed E-state index contributed by atoms with van der Waals surface area (Å²) in [7, 11) is 1.24. The lowest BCUT2D eigenvalue weighted by Gasteiger charge is -2.18. The van der Waals surface area contributed by atoms with Crippen LogP contribution in [0.4, 0.5) is 20.2 Å². The molecular weight excluding hydrogens is 579 g/mol. The minimum Gasteiger partial charge on any atom is -0.462 e. The van der Waals surface area contributed by atoms with Gasteiger partial charge in [0.15, 0.2) is 5.65 Å². The summed E-state index contributed by atoms with van der Waals surface area (Å²) in [5, 5.41) is 12.5. The second-order valence-electron chi connectivity index (χ2n) is 8.26. The normalized spacial score (nSPS) is 13.2. The van der Waals surface area contributed by atoms with Crippen LogP contribution in [0.5, 0.6) is 0 Å². The Morgan fingerprint density at radius 2 is 1.97 bits per heavy atom. The first kappa shape index (κ1) is 26.7. The molecule has 0 saturated heterocycles. The van der Waals surface area contributed by atoms with Gasteiger partial charge in [-0.15, -0.1) is 0 Å². The standard InChI is InChI=1S/C22H24F2IN5O5/c1-10(2)17(26)22(34)35-8-12(31)7-30-9-27-19-15(20(30)32)18(16(24)21(33)29(19)3)28-14-5-4-11(25)6-13(14)23/h4-6,9-10,12,17,28,31H,7-8,26H2,1-3H3/t12-,17?/m1/s1. The number of ether oxygens (including phenoxy) is 1. The number of nitrogens with two attached hydrogens (primary N) is 1. The molecule has 0 radical (unpaired) electrons. The number of hydrogen-bond donors (Lipinski definition) is 3. The molecule has 188 valence electrons. The number of esters is 1. The molecule has 0 spiro atoms. The van der Waals surface area contributed by atoms with Gasteiger partial charge in [0.1, 0.15) is 36.3 Å². The number of nitrogens with one attached hydrogen (secondary N) is 1. The quantitative estimate of drug-likeness (QED) is 0.261.